The Morgan fingerprint density at radius 3 is 2.19 bits per heavy atom. The topological polar surface area (TPSA) is 32.3 Å². The molecule has 0 aromatic heterocycles. The van der Waals surface area contributed by atoms with Crippen molar-refractivity contribution in [2.45, 2.75) is 38.6 Å². The number of aliphatic hydroxyl groups excluding tert-OH is 1. The summed E-state index contributed by atoms with van der Waals surface area (Å²) in [5, 5.41) is 12.5. The lowest BCUT2D eigenvalue weighted by Crippen LogP contribution is -2.40. The first-order valence-electron chi connectivity index (χ1n) is 6.11. The highest BCUT2D eigenvalue weighted by Gasteiger charge is 2.27. The van der Waals surface area contributed by atoms with E-state index in [1.165, 1.54) is 11.1 Å². The Balaban J connectivity index is 3.00. The molecule has 2 heteroatoms. The Morgan fingerprint density at radius 2 is 1.81 bits per heavy atom. The number of aliphatic hydroxyl groups is 1. The second kappa shape index (κ2) is 6.02. The normalized spacial score (nSPS) is 14.8. The zero-order valence-corrected chi connectivity index (χ0v) is 10.6. The molecule has 1 aromatic rings. The molecule has 1 rings (SSSR count). The van der Waals surface area contributed by atoms with Crippen molar-refractivity contribution < 1.29 is 5.11 Å². The minimum absolute atomic E-state index is 0.0823. The highest BCUT2D eigenvalue weighted by molar-refractivity contribution is 5.28. The van der Waals surface area contributed by atoms with E-state index in [0.717, 1.165) is 19.3 Å². The van der Waals surface area contributed by atoms with Crippen molar-refractivity contribution in [3.05, 3.63) is 35.4 Å². The molecule has 2 nitrogen and oxygen atoms in total. The molecule has 0 bridgehead atoms. The van der Waals surface area contributed by atoms with Crippen molar-refractivity contribution in [1.82, 2.24) is 5.32 Å². The van der Waals surface area contributed by atoms with Gasteiger partial charge in [0.2, 0.25) is 0 Å². The van der Waals surface area contributed by atoms with Gasteiger partial charge in [-0.15, -0.1) is 0 Å². The Bertz CT molecular complexity index is 301. The van der Waals surface area contributed by atoms with Gasteiger partial charge in [-0.3, -0.25) is 0 Å². The lowest BCUT2D eigenvalue weighted by atomic mass is 9.84. The molecule has 0 radical (unpaired) electrons. The lowest BCUT2D eigenvalue weighted by molar-refractivity contribution is 0.212. The number of nitrogens with one attached hydrogen (secondary N) is 1. The molecular weight excluding hydrogens is 198 g/mol. The molecule has 1 unspecified atom stereocenters. The molecule has 90 valence electrons. The SMILES string of the molecule is CCc1ccc(C(CC)(CCO)NC)cc1. The van der Waals surface area contributed by atoms with Gasteiger partial charge >= 0.3 is 0 Å². The fourth-order valence-electron chi connectivity index (χ4n) is 2.22. The number of aryl methyl sites for hydroxylation is 1. The van der Waals surface area contributed by atoms with Crippen molar-refractivity contribution in [1.29, 1.82) is 0 Å². The third-order valence-corrected chi connectivity index (χ3v) is 3.54. The first kappa shape index (κ1) is 13.2. The maximum absolute atomic E-state index is 9.19. The van der Waals surface area contributed by atoms with Gasteiger partial charge in [0.15, 0.2) is 0 Å². The molecule has 0 saturated carbocycles. The molecule has 0 saturated heterocycles. The van der Waals surface area contributed by atoms with E-state index in [-0.39, 0.29) is 12.1 Å². The van der Waals surface area contributed by atoms with Gasteiger partial charge in [-0.2, -0.15) is 0 Å². The second-order valence-electron chi connectivity index (χ2n) is 4.21. The molecule has 0 aliphatic carbocycles. The van der Waals surface area contributed by atoms with Crippen LogP contribution in [0.4, 0.5) is 0 Å². The van der Waals surface area contributed by atoms with Crippen LogP contribution in [-0.2, 0) is 12.0 Å². The van der Waals surface area contributed by atoms with Crippen LogP contribution in [0.25, 0.3) is 0 Å². The second-order valence-corrected chi connectivity index (χ2v) is 4.21. The average Bonchev–Trinajstić information content (AvgIpc) is 2.36. The van der Waals surface area contributed by atoms with Crippen LogP contribution >= 0.6 is 0 Å². The monoisotopic (exact) mass is 221 g/mol. The molecule has 1 aromatic carbocycles. The van der Waals surface area contributed by atoms with Crippen LogP contribution in [-0.4, -0.2) is 18.8 Å². The van der Waals surface area contributed by atoms with Gasteiger partial charge in [0, 0.05) is 12.1 Å². The van der Waals surface area contributed by atoms with E-state index in [0.29, 0.717) is 0 Å². The van der Waals surface area contributed by atoms with Gasteiger partial charge in [-0.1, -0.05) is 38.1 Å². The van der Waals surface area contributed by atoms with Gasteiger partial charge in [-0.25, -0.2) is 0 Å². The van der Waals surface area contributed by atoms with Crippen molar-refractivity contribution in [3.8, 4) is 0 Å². The third-order valence-electron chi connectivity index (χ3n) is 3.54. The summed E-state index contributed by atoms with van der Waals surface area (Å²) in [4.78, 5) is 0. The summed E-state index contributed by atoms with van der Waals surface area (Å²) >= 11 is 0. The Labute approximate surface area is 98.7 Å². The molecule has 0 amide bonds. The minimum Gasteiger partial charge on any atom is -0.396 e. The molecule has 0 heterocycles. The van der Waals surface area contributed by atoms with E-state index in [1.807, 2.05) is 7.05 Å². The zero-order valence-electron chi connectivity index (χ0n) is 10.6. The van der Waals surface area contributed by atoms with E-state index < -0.39 is 0 Å². The lowest BCUT2D eigenvalue weighted by Gasteiger charge is -2.33. The highest BCUT2D eigenvalue weighted by atomic mass is 16.3. The largest absolute Gasteiger partial charge is 0.396 e. The van der Waals surface area contributed by atoms with E-state index in [2.05, 4.69) is 43.4 Å². The molecular formula is C14H23NO. The van der Waals surface area contributed by atoms with Gasteiger partial charge in [0.1, 0.15) is 0 Å². The van der Waals surface area contributed by atoms with Crippen LogP contribution in [0.5, 0.6) is 0 Å². The maximum atomic E-state index is 9.19. The quantitative estimate of drug-likeness (QED) is 0.773. The van der Waals surface area contributed by atoms with Crippen LogP contribution in [0.3, 0.4) is 0 Å². The summed E-state index contributed by atoms with van der Waals surface area (Å²) in [6.45, 7) is 4.53. The average molecular weight is 221 g/mol. The summed E-state index contributed by atoms with van der Waals surface area (Å²) in [7, 11) is 1.97. The first-order chi connectivity index (χ1) is 7.72. The third kappa shape index (κ3) is 2.63. The number of rotatable bonds is 6. The van der Waals surface area contributed by atoms with Gasteiger partial charge in [0.25, 0.3) is 0 Å². The van der Waals surface area contributed by atoms with Crippen LogP contribution in [0.15, 0.2) is 24.3 Å². The van der Waals surface area contributed by atoms with Crippen LogP contribution in [0.2, 0.25) is 0 Å². The van der Waals surface area contributed by atoms with E-state index in [4.69, 9.17) is 0 Å². The van der Waals surface area contributed by atoms with Crippen LogP contribution in [0, 0.1) is 0 Å². The Kier molecular flexibility index (Phi) is 4.97. The molecule has 0 spiro atoms. The predicted molar refractivity (Wildman–Crippen MR) is 68.6 cm³/mol. The molecule has 1 atom stereocenters. The number of hydrogen-bond donors (Lipinski definition) is 2. The minimum atomic E-state index is -0.0823. The Hall–Kier alpha value is -0.860. The smallest absolute Gasteiger partial charge is 0.0451 e. The summed E-state index contributed by atoms with van der Waals surface area (Å²) in [5.74, 6) is 0. The molecule has 0 aliphatic heterocycles. The fourth-order valence-corrected chi connectivity index (χ4v) is 2.22. The molecule has 0 fully saturated rings. The standard InChI is InChI=1S/C14H23NO/c1-4-12-6-8-13(9-7-12)14(5-2,15-3)10-11-16/h6-9,15-16H,4-5,10-11H2,1-3H3. The van der Waals surface area contributed by atoms with Crippen molar-refractivity contribution in [2.24, 2.45) is 0 Å². The molecule has 0 aliphatic rings. The Morgan fingerprint density at radius 1 is 1.19 bits per heavy atom. The van der Waals surface area contributed by atoms with E-state index in [1.54, 1.807) is 0 Å². The maximum Gasteiger partial charge on any atom is 0.0451 e. The van der Waals surface area contributed by atoms with Crippen LogP contribution < -0.4 is 5.32 Å². The number of benzene rings is 1. The van der Waals surface area contributed by atoms with Crippen molar-refractivity contribution in [3.63, 3.8) is 0 Å². The van der Waals surface area contributed by atoms with Crippen LogP contribution in [0.1, 0.15) is 37.8 Å². The molecule has 16 heavy (non-hydrogen) atoms. The zero-order chi connectivity index (χ0) is 12.0. The van der Waals surface area contributed by atoms with Gasteiger partial charge < -0.3 is 10.4 Å². The van der Waals surface area contributed by atoms with E-state index in [9.17, 15) is 5.11 Å². The highest BCUT2D eigenvalue weighted by Crippen LogP contribution is 2.28. The van der Waals surface area contributed by atoms with Gasteiger partial charge in [-0.05, 0) is 37.4 Å². The summed E-state index contributed by atoms with van der Waals surface area (Å²) in [5.41, 5.74) is 2.54. The fraction of sp³-hybridized carbons (Fsp3) is 0.571. The predicted octanol–water partition coefficient (Wildman–Crippen LogP) is 2.46. The summed E-state index contributed by atoms with van der Waals surface area (Å²) in [6.07, 6.45) is 2.81. The van der Waals surface area contributed by atoms with Crippen molar-refractivity contribution >= 4 is 0 Å². The summed E-state index contributed by atoms with van der Waals surface area (Å²) in [6, 6.07) is 8.70. The van der Waals surface area contributed by atoms with E-state index >= 15 is 0 Å². The molecule has 2 N–H and O–H groups in total. The number of hydrogen-bond acceptors (Lipinski definition) is 2. The van der Waals surface area contributed by atoms with Gasteiger partial charge in [0.05, 0.1) is 0 Å². The van der Waals surface area contributed by atoms with Crippen molar-refractivity contribution in [2.75, 3.05) is 13.7 Å². The summed E-state index contributed by atoms with van der Waals surface area (Å²) < 4.78 is 0. The first-order valence-corrected chi connectivity index (χ1v) is 6.11.